The molecule has 4 aliphatic rings. The van der Waals surface area contributed by atoms with Gasteiger partial charge >= 0.3 is 0 Å². The molecular formula is C20H25Cl2FO2. The molecular weight excluding hydrogens is 362 g/mol. The zero-order valence-corrected chi connectivity index (χ0v) is 16.2. The fraction of sp³-hybridized carbons (Fsp3) is 0.750. The average Bonchev–Trinajstić information content (AvgIpc) is 2.81. The second kappa shape index (κ2) is 5.56. The predicted molar refractivity (Wildman–Crippen MR) is 97.6 cm³/mol. The molecule has 0 aromatic rings. The van der Waals surface area contributed by atoms with Gasteiger partial charge in [0.05, 0.1) is 23.0 Å². The third kappa shape index (κ3) is 2.09. The molecule has 2 nitrogen and oxygen atoms in total. The van der Waals surface area contributed by atoms with E-state index in [1.165, 1.54) is 0 Å². The number of alkyl halides is 3. The van der Waals surface area contributed by atoms with Gasteiger partial charge in [0.2, 0.25) is 0 Å². The Labute approximate surface area is 158 Å². The summed E-state index contributed by atoms with van der Waals surface area (Å²) in [5, 5.41) is 10.4. The quantitative estimate of drug-likeness (QED) is 0.676. The maximum Gasteiger partial charge on any atom is 0.178 e. The summed E-state index contributed by atoms with van der Waals surface area (Å²) in [6.45, 7) is 3.63. The zero-order valence-electron chi connectivity index (χ0n) is 14.6. The number of hydrogen-bond acceptors (Lipinski definition) is 2. The van der Waals surface area contributed by atoms with Crippen LogP contribution in [0, 0.1) is 28.6 Å². The number of ketones is 1. The Balaban J connectivity index is 1.81. The molecule has 0 aromatic carbocycles. The second-order valence-corrected chi connectivity index (χ2v) is 10.1. The monoisotopic (exact) mass is 386 g/mol. The molecule has 3 saturated carbocycles. The topological polar surface area (TPSA) is 37.3 Å². The molecule has 0 unspecified atom stereocenters. The van der Waals surface area contributed by atoms with E-state index in [2.05, 4.69) is 13.8 Å². The van der Waals surface area contributed by atoms with E-state index in [1.54, 1.807) is 12.2 Å². The van der Waals surface area contributed by atoms with E-state index >= 15 is 0 Å². The van der Waals surface area contributed by atoms with Crippen LogP contribution in [0.25, 0.3) is 0 Å². The number of carbonyl (C=O) groups excluding carboxylic acids is 1. The molecule has 4 rings (SSSR count). The normalized spacial score (nSPS) is 54.6. The summed E-state index contributed by atoms with van der Waals surface area (Å²) < 4.78 is 13.5. The van der Waals surface area contributed by atoms with Crippen molar-refractivity contribution in [3.8, 4) is 0 Å². The van der Waals surface area contributed by atoms with Crippen molar-refractivity contribution in [2.45, 2.75) is 55.9 Å². The summed E-state index contributed by atoms with van der Waals surface area (Å²) in [7, 11) is 0. The smallest absolute Gasteiger partial charge is 0.178 e. The van der Waals surface area contributed by atoms with E-state index in [4.69, 9.17) is 23.2 Å². The van der Waals surface area contributed by atoms with Gasteiger partial charge in [-0.25, -0.2) is 0 Å². The molecule has 0 aliphatic heterocycles. The van der Waals surface area contributed by atoms with Crippen molar-refractivity contribution in [1.82, 2.24) is 0 Å². The third-order valence-electron chi connectivity index (χ3n) is 7.91. The van der Waals surface area contributed by atoms with Crippen molar-refractivity contribution in [3.05, 3.63) is 23.8 Å². The number of carbonyl (C=O) groups is 1. The molecule has 4 aliphatic carbocycles. The second-order valence-electron chi connectivity index (χ2n) is 8.90. The van der Waals surface area contributed by atoms with Gasteiger partial charge in [-0.2, -0.15) is 0 Å². The average molecular weight is 387 g/mol. The summed E-state index contributed by atoms with van der Waals surface area (Å²) in [6.07, 6.45) is 7.45. The lowest BCUT2D eigenvalue weighted by Gasteiger charge is -2.63. The van der Waals surface area contributed by atoms with Crippen LogP contribution >= 0.6 is 23.2 Å². The molecule has 0 amide bonds. The highest BCUT2D eigenvalue weighted by Crippen LogP contribution is 2.70. The number of aliphatic hydroxyl groups is 1. The Morgan fingerprint density at radius 2 is 2.08 bits per heavy atom. The van der Waals surface area contributed by atoms with Gasteiger partial charge in [-0.15, -0.1) is 23.2 Å². The lowest BCUT2D eigenvalue weighted by atomic mass is 9.47. The van der Waals surface area contributed by atoms with Crippen molar-refractivity contribution in [1.29, 1.82) is 0 Å². The van der Waals surface area contributed by atoms with Crippen molar-refractivity contribution in [2.75, 3.05) is 6.67 Å². The minimum absolute atomic E-state index is 0.00624. The van der Waals surface area contributed by atoms with Crippen LogP contribution in [0.5, 0.6) is 0 Å². The molecule has 0 radical (unpaired) electrons. The van der Waals surface area contributed by atoms with Crippen LogP contribution in [-0.4, -0.2) is 33.9 Å². The van der Waals surface area contributed by atoms with Crippen LogP contribution in [-0.2, 0) is 4.79 Å². The van der Waals surface area contributed by atoms with Gasteiger partial charge in [-0.3, -0.25) is 9.18 Å². The SMILES string of the molecule is C[C@]12C[C@H](Cl)[C@@]3(Cl)[C@@H](CCC4=CC(=O)C=C[C@@]43C)[C@@H]1C[C@@H](CF)[C@H]2O. The van der Waals surface area contributed by atoms with Crippen LogP contribution < -0.4 is 0 Å². The van der Waals surface area contributed by atoms with Crippen molar-refractivity contribution >= 4 is 29.0 Å². The highest BCUT2D eigenvalue weighted by atomic mass is 35.5. The first-order valence-electron chi connectivity index (χ1n) is 9.19. The molecule has 0 aromatic heterocycles. The standard InChI is InChI=1S/C20H25Cl2FO2/c1-18-9-16(21)20(22)14(15(18)7-11(10-23)17(18)25)4-3-12-8-13(24)5-6-19(12,20)2/h5-6,8,11,14-17,25H,3-4,7,9-10H2,1-2H3/t11-,14-,15-,16-,17+,18-,19-,20-/m0/s1. The van der Waals surface area contributed by atoms with E-state index < -0.39 is 28.5 Å². The lowest BCUT2D eigenvalue weighted by Crippen LogP contribution is -2.64. The molecule has 0 spiro atoms. The summed E-state index contributed by atoms with van der Waals surface area (Å²) in [6, 6.07) is 0. The first kappa shape index (κ1) is 18.0. The van der Waals surface area contributed by atoms with Gasteiger partial charge in [0, 0.05) is 11.3 Å². The van der Waals surface area contributed by atoms with Crippen molar-refractivity contribution < 1.29 is 14.3 Å². The number of fused-ring (bicyclic) bond motifs is 5. The van der Waals surface area contributed by atoms with E-state index in [-0.39, 0.29) is 28.9 Å². The lowest BCUT2D eigenvalue weighted by molar-refractivity contribution is -0.111. The number of halogens is 3. The summed E-state index contributed by atoms with van der Waals surface area (Å²) >= 11 is 14.3. The maximum absolute atomic E-state index is 13.5. The van der Waals surface area contributed by atoms with Gasteiger partial charge in [0.15, 0.2) is 5.78 Å². The number of rotatable bonds is 1. The van der Waals surface area contributed by atoms with Crippen molar-refractivity contribution in [2.24, 2.45) is 28.6 Å². The highest BCUT2D eigenvalue weighted by molar-refractivity contribution is 6.34. The summed E-state index contributed by atoms with van der Waals surface area (Å²) in [5.74, 6) is -0.0698. The molecule has 5 heteroatoms. The highest BCUT2D eigenvalue weighted by Gasteiger charge is 2.69. The Morgan fingerprint density at radius 3 is 2.76 bits per heavy atom. The number of allylic oxidation sites excluding steroid dienone is 4. The molecule has 1 N–H and O–H groups in total. The molecule has 25 heavy (non-hydrogen) atoms. The minimum Gasteiger partial charge on any atom is -0.392 e. The first-order chi connectivity index (χ1) is 11.7. The summed E-state index contributed by atoms with van der Waals surface area (Å²) in [5.41, 5.74) is 0.191. The molecule has 3 fully saturated rings. The van der Waals surface area contributed by atoms with Gasteiger partial charge in [-0.05, 0) is 55.1 Å². The van der Waals surface area contributed by atoms with E-state index in [1.807, 2.05) is 6.08 Å². The zero-order chi connectivity index (χ0) is 18.2. The van der Waals surface area contributed by atoms with Crippen molar-refractivity contribution in [3.63, 3.8) is 0 Å². The van der Waals surface area contributed by atoms with Crippen LogP contribution in [0.3, 0.4) is 0 Å². The number of hydrogen-bond donors (Lipinski definition) is 1. The fourth-order valence-corrected chi connectivity index (χ4v) is 7.69. The minimum atomic E-state index is -0.717. The Hall–Kier alpha value is -0.380. The maximum atomic E-state index is 13.5. The Kier molecular flexibility index (Phi) is 4.00. The van der Waals surface area contributed by atoms with E-state index in [9.17, 15) is 14.3 Å². The number of aliphatic hydroxyl groups excluding tert-OH is 1. The third-order valence-corrected chi connectivity index (χ3v) is 9.46. The van der Waals surface area contributed by atoms with Gasteiger partial charge in [-0.1, -0.05) is 25.5 Å². The Morgan fingerprint density at radius 1 is 1.36 bits per heavy atom. The molecule has 0 heterocycles. The van der Waals surface area contributed by atoms with Crippen LogP contribution in [0.4, 0.5) is 4.39 Å². The molecule has 0 bridgehead atoms. The molecule has 138 valence electrons. The van der Waals surface area contributed by atoms with Gasteiger partial charge in [0.25, 0.3) is 0 Å². The molecule has 0 saturated heterocycles. The largest absolute Gasteiger partial charge is 0.392 e. The van der Waals surface area contributed by atoms with Crippen LogP contribution in [0.2, 0.25) is 0 Å². The Bertz CT molecular complexity index is 677. The molecule has 8 atom stereocenters. The van der Waals surface area contributed by atoms with Gasteiger partial charge in [0.1, 0.15) is 0 Å². The van der Waals surface area contributed by atoms with E-state index in [0.29, 0.717) is 12.8 Å². The summed E-state index contributed by atoms with van der Waals surface area (Å²) in [4.78, 5) is 11.1. The van der Waals surface area contributed by atoms with E-state index in [0.717, 1.165) is 18.4 Å². The first-order valence-corrected chi connectivity index (χ1v) is 10.0. The van der Waals surface area contributed by atoms with Crippen LogP contribution in [0.1, 0.15) is 39.5 Å². The predicted octanol–water partition coefficient (Wildman–Crippen LogP) is 4.43. The van der Waals surface area contributed by atoms with Crippen LogP contribution in [0.15, 0.2) is 23.8 Å². The fourth-order valence-electron chi connectivity index (χ4n) is 6.45. The van der Waals surface area contributed by atoms with Gasteiger partial charge < -0.3 is 5.11 Å².